The number of fused-ring (bicyclic) bond motifs is 1. The average molecular weight is 322 g/mol. The molecule has 2 nitrogen and oxygen atoms in total. The first kappa shape index (κ1) is 18.3. The van der Waals surface area contributed by atoms with E-state index in [0.717, 1.165) is 6.54 Å². The van der Waals surface area contributed by atoms with Crippen LogP contribution in [0.2, 0.25) is 0 Å². The van der Waals surface area contributed by atoms with Gasteiger partial charge in [-0.15, -0.1) is 0 Å². The molecule has 0 atom stereocenters. The molecule has 0 amide bonds. The van der Waals surface area contributed by atoms with Crippen molar-refractivity contribution in [3.8, 4) is 0 Å². The Morgan fingerprint density at radius 3 is 1.88 bits per heavy atom. The van der Waals surface area contributed by atoms with Crippen LogP contribution >= 0.6 is 0 Å². The monoisotopic (exact) mass is 322 g/mol. The Morgan fingerprint density at radius 2 is 1.29 bits per heavy atom. The maximum atomic E-state index is 4.55. The molecule has 2 heteroatoms. The summed E-state index contributed by atoms with van der Waals surface area (Å²) in [4.78, 5) is 7.04. The van der Waals surface area contributed by atoms with Crippen molar-refractivity contribution in [2.45, 2.75) is 39.0 Å². The molecule has 1 fully saturated rings. The van der Waals surface area contributed by atoms with Crippen molar-refractivity contribution in [3.05, 3.63) is 72.3 Å². The molecule has 2 aromatic rings. The van der Waals surface area contributed by atoms with Gasteiger partial charge in [-0.2, -0.15) is 0 Å². The van der Waals surface area contributed by atoms with Gasteiger partial charge in [-0.05, 0) is 26.2 Å². The molecular weight excluding hydrogens is 292 g/mol. The first-order valence-electron chi connectivity index (χ1n) is 9.16. The van der Waals surface area contributed by atoms with Gasteiger partial charge in [0, 0.05) is 26.1 Å². The molecule has 0 unspecified atom stereocenters. The number of aryl methyl sites for hydroxylation is 1. The van der Waals surface area contributed by atoms with Crippen LogP contribution in [0.3, 0.4) is 0 Å². The van der Waals surface area contributed by atoms with E-state index >= 15 is 0 Å². The van der Waals surface area contributed by atoms with E-state index in [-0.39, 0.29) is 0 Å². The van der Waals surface area contributed by atoms with Crippen LogP contribution in [0.4, 0.5) is 0 Å². The molecule has 0 aromatic heterocycles. The molecule has 24 heavy (non-hydrogen) atoms. The van der Waals surface area contributed by atoms with Gasteiger partial charge < -0.3 is 4.90 Å². The van der Waals surface area contributed by atoms with Crippen LogP contribution in [0, 0.1) is 6.92 Å². The molecule has 0 bridgehead atoms. The molecule has 0 aliphatic carbocycles. The SMILES string of the molecule is C1CCC2=NCCCN2CC1.Cc1ccccc1.c1ccccc1. The third-order valence-electron chi connectivity index (χ3n) is 4.18. The molecule has 0 N–H and O–H groups in total. The third kappa shape index (κ3) is 7.45. The summed E-state index contributed by atoms with van der Waals surface area (Å²) < 4.78 is 0. The summed E-state index contributed by atoms with van der Waals surface area (Å²) in [6, 6.07) is 22.3. The van der Waals surface area contributed by atoms with Crippen molar-refractivity contribution in [2.24, 2.45) is 4.99 Å². The van der Waals surface area contributed by atoms with E-state index < -0.39 is 0 Å². The minimum Gasteiger partial charge on any atom is -0.360 e. The molecule has 128 valence electrons. The normalized spacial score (nSPS) is 16.2. The minimum atomic E-state index is 1.08. The van der Waals surface area contributed by atoms with Crippen molar-refractivity contribution in [1.29, 1.82) is 0 Å². The number of aliphatic imine (C=N–C) groups is 1. The summed E-state index contributed by atoms with van der Waals surface area (Å²) in [5, 5.41) is 0. The summed E-state index contributed by atoms with van der Waals surface area (Å²) in [7, 11) is 0. The van der Waals surface area contributed by atoms with Crippen molar-refractivity contribution in [3.63, 3.8) is 0 Å². The molecule has 0 saturated carbocycles. The fourth-order valence-electron chi connectivity index (χ4n) is 2.86. The summed E-state index contributed by atoms with van der Waals surface area (Å²) in [5.41, 5.74) is 1.32. The second-order valence-electron chi connectivity index (χ2n) is 6.26. The van der Waals surface area contributed by atoms with Crippen LogP contribution in [0.15, 0.2) is 71.7 Å². The van der Waals surface area contributed by atoms with Crippen molar-refractivity contribution < 1.29 is 0 Å². The van der Waals surface area contributed by atoms with Crippen LogP contribution in [0.1, 0.15) is 37.7 Å². The van der Waals surface area contributed by atoms with E-state index in [1.165, 1.54) is 56.6 Å². The van der Waals surface area contributed by atoms with Crippen LogP contribution in [0.5, 0.6) is 0 Å². The Hall–Kier alpha value is -2.09. The van der Waals surface area contributed by atoms with Gasteiger partial charge in [-0.1, -0.05) is 78.7 Å². The second-order valence-corrected chi connectivity index (χ2v) is 6.26. The topological polar surface area (TPSA) is 15.6 Å². The Labute approximate surface area is 147 Å². The Kier molecular flexibility index (Phi) is 8.70. The Bertz CT molecular complexity index is 536. The van der Waals surface area contributed by atoms with Crippen LogP contribution in [-0.4, -0.2) is 30.4 Å². The lowest BCUT2D eigenvalue weighted by molar-refractivity contribution is 0.391. The first-order valence-corrected chi connectivity index (χ1v) is 9.16. The molecule has 2 aliphatic heterocycles. The summed E-state index contributed by atoms with van der Waals surface area (Å²) in [5.74, 6) is 1.40. The molecule has 2 aliphatic rings. The quantitative estimate of drug-likeness (QED) is 0.638. The number of rotatable bonds is 0. The van der Waals surface area contributed by atoms with Gasteiger partial charge in [0.25, 0.3) is 0 Å². The number of amidine groups is 1. The number of nitrogens with zero attached hydrogens (tertiary/aromatic N) is 2. The standard InChI is InChI=1S/C9H16N2.C7H8.C6H6/c1-2-5-9-10-6-4-8-11(9)7-3-1;1-7-5-3-2-4-6-7;1-2-4-6-5-3-1/h1-8H2;2-6H,1H3;1-6H. The first-order chi connectivity index (χ1) is 11.9. The molecular formula is C22H30N2. The van der Waals surface area contributed by atoms with E-state index in [9.17, 15) is 0 Å². The van der Waals surface area contributed by atoms with Gasteiger partial charge in [0.2, 0.25) is 0 Å². The Balaban J connectivity index is 0.000000139. The predicted molar refractivity (Wildman–Crippen MR) is 105 cm³/mol. The van der Waals surface area contributed by atoms with Gasteiger partial charge in [0.15, 0.2) is 0 Å². The van der Waals surface area contributed by atoms with Crippen molar-refractivity contribution in [2.75, 3.05) is 19.6 Å². The summed E-state index contributed by atoms with van der Waals surface area (Å²) in [6.07, 6.45) is 6.63. The maximum absolute atomic E-state index is 4.55. The van der Waals surface area contributed by atoms with Gasteiger partial charge in [-0.25, -0.2) is 0 Å². The minimum absolute atomic E-state index is 1.08. The Morgan fingerprint density at radius 1 is 0.708 bits per heavy atom. The average Bonchev–Trinajstić information content (AvgIpc) is 2.90. The third-order valence-corrected chi connectivity index (χ3v) is 4.18. The highest BCUT2D eigenvalue weighted by molar-refractivity contribution is 5.83. The lowest BCUT2D eigenvalue weighted by atomic mass is 10.2. The van der Waals surface area contributed by atoms with Gasteiger partial charge >= 0.3 is 0 Å². The summed E-state index contributed by atoms with van der Waals surface area (Å²) >= 11 is 0. The summed E-state index contributed by atoms with van der Waals surface area (Å²) in [6.45, 7) is 5.68. The molecule has 1 saturated heterocycles. The molecule has 0 spiro atoms. The fourth-order valence-corrected chi connectivity index (χ4v) is 2.86. The highest BCUT2D eigenvalue weighted by Gasteiger charge is 2.16. The number of benzene rings is 2. The zero-order chi connectivity index (χ0) is 16.9. The zero-order valence-electron chi connectivity index (χ0n) is 14.9. The largest absolute Gasteiger partial charge is 0.360 e. The highest BCUT2D eigenvalue weighted by Crippen LogP contribution is 2.15. The zero-order valence-corrected chi connectivity index (χ0v) is 14.9. The van der Waals surface area contributed by atoms with E-state index in [2.05, 4.69) is 28.9 Å². The smallest absolute Gasteiger partial charge is 0.0988 e. The molecule has 4 rings (SSSR count). The van der Waals surface area contributed by atoms with Crippen molar-refractivity contribution in [1.82, 2.24) is 4.90 Å². The predicted octanol–water partition coefficient (Wildman–Crippen LogP) is 5.35. The van der Waals surface area contributed by atoms with Crippen LogP contribution < -0.4 is 0 Å². The highest BCUT2D eigenvalue weighted by atomic mass is 15.2. The van der Waals surface area contributed by atoms with E-state index in [4.69, 9.17) is 0 Å². The maximum Gasteiger partial charge on any atom is 0.0988 e. The van der Waals surface area contributed by atoms with Crippen LogP contribution in [-0.2, 0) is 0 Å². The van der Waals surface area contributed by atoms with Gasteiger partial charge in [0.1, 0.15) is 0 Å². The fraction of sp³-hybridized carbons (Fsp3) is 0.409. The number of hydrogen-bond donors (Lipinski definition) is 0. The second kappa shape index (κ2) is 11.4. The van der Waals surface area contributed by atoms with Gasteiger partial charge in [0.05, 0.1) is 5.84 Å². The van der Waals surface area contributed by atoms with E-state index in [1.54, 1.807) is 0 Å². The molecule has 2 heterocycles. The number of hydrogen-bond acceptors (Lipinski definition) is 2. The van der Waals surface area contributed by atoms with Crippen LogP contribution in [0.25, 0.3) is 0 Å². The molecule has 2 aromatic carbocycles. The van der Waals surface area contributed by atoms with E-state index in [0.29, 0.717) is 0 Å². The lowest BCUT2D eigenvalue weighted by Crippen LogP contribution is -2.34. The lowest BCUT2D eigenvalue weighted by Gasteiger charge is -2.27. The van der Waals surface area contributed by atoms with Crippen molar-refractivity contribution >= 4 is 5.84 Å². The molecule has 0 radical (unpaired) electrons. The van der Waals surface area contributed by atoms with Gasteiger partial charge in [-0.3, -0.25) is 4.99 Å². The van der Waals surface area contributed by atoms with E-state index in [1.807, 2.05) is 54.6 Å².